The molecule has 0 bridgehead atoms. The monoisotopic (exact) mass is 398 g/mol. The van der Waals surface area contributed by atoms with Gasteiger partial charge >= 0.3 is 0 Å². The minimum Gasteiger partial charge on any atom is -0.491 e. The van der Waals surface area contributed by atoms with E-state index in [2.05, 4.69) is 17.6 Å². The Labute approximate surface area is 170 Å². The number of benzene rings is 1. The molecule has 1 amide bonds. The number of hydrogen-bond acceptors (Lipinski definition) is 4. The molecule has 0 saturated carbocycles. The highest BCUT2D eigenvalue weighted by molar-refractivity contribution is 5.85. The maximum absolute atomic E-state index is 12.4. The van der Waals surface area contributed by atoms with Crippen LogP contribution in [0.2, 0.25) is 0 Å². The molecule has 0 radical (unpaired) electrons. The zero-order chi connectivity index (χ0) is 18.8. The number of halogens is 1. The topological polar surface area (TPSA) is 59.6 Å². The fourth-order valence-corrected chi connectivity index (χ4v) is 3.39. The molecule has 0 aliphatic carbocycles. The van der Waals surface area contributed by atoms with Crippen LogP contribution in [0.25, 0.3) is 0 Å². The number of aryl methyl sites for hydroxylation is 1. The number of carbonyl (C=O) groups excluding carboxylic acids is 1. The Hall–Kier alpha value is -1.30. The highest BCUT2D eigenvalue weighted by atomic mass is 35.5. The van der Waals surface area contributed by atoms with Crippen molar-refractivity contribution in [2.75, 3.05) is 32.9 Å². The van der Waals surface area contributed by atoms with Crippen LogP contribution in [-0.4, -0.2) is 38.8 Å². The van der Waals surface area contributed by atoms with E-state index in [4.69, 9.17) is 9.47 Å². The third kappa shape index (κ3) is 8.50. The van der Waals surface area contributed by atoms with Crippen LogP contribution in [0.5, 0.6) is 5.75 Å². The molecule has 1 aliphatic rings. The molecule has 154 valence electrons. The van der Waals surface area contributed by atoms with E-state index >= 15 is 0 Å². The maximum Gasteiger partial charge on any atom is 0.220 e. The van der Waals surface area contributed by atoms with Crippen LogP contribution in [-0.2, 0) is 16.1 Å². The first kappa shape index (κ1) is 23.7. The smallest absolute Gasteiger partial charge is 0.220 e. The van der Waals surface area contributed by atoms with Crippen molar-refractivity contribution in [3.05, 3.63) is 29.3 Å². The molecular formula is C21H35ClN2O3. The Bertz CT molecular complexity index is 562. The summed E-state index contributed by atoms with van der Waals surface area (Å²) in [4.78, 5) is 12.4. The van der Waals surface area contributed by atoms with Crippen molar-refractivity contribution in [3.63, 3.8) is 0 Å². The first-order valence-corrected chi connectivity index (χ1v) is 9.87. The van der Waals surface area contributed by atoms with Gasteiger partial charge in [0.1, 0.15) is 12.4 Å². The van der Waals surface area contributed by atoms with Crippen LogP contribution in [0.4, 0.5) is 0 Å². The van der Waals surface area contributed by atoms with Crippen LogP contribution in [0.3, 0.4) is 0 Å². The third-order valence-corrected chi connectivity index (χ3v) is 5.04. The molecule has 0 spiro atoms. The predicted octanol–water partition coefficient (Wildman–Crippen LogP) is 3.47. The lowest BCUT2D eigenvalue weighted by Crippen LogP contribution is -2.35. The molecule has 0 aromatic heterocycles. The molecule has 5 nitrogen and oxygen atoms in total. The van der Waals surface area contributed by atoms with Crippen molar-refractivity contribution in [1.29, 1.82) is 0 Å². The van der Waals surface area contributed by atoms with E-state index in [0.717, 1.165) is 30.0 Å². The van der Waals surface area contributed by atoms with Gasteiger partial charge in [0.05, 0.1) is 6.61 Å². The fraction of sp³-hybridized carbons (Fsp3) is 0.667. The second-order valence-corrected chi connectivity index (χ2v) is 7.22. The largest absolute Gasteiger partial charge is 0.491 e. The molecule has 1 aliphatic heterocycles. The van der Waals surface area contributed by atoms with Gasteiger partial charge in [-0.05, 0) is 63.2 Å². The third-order valence-electron chi connectivity index (χ3n) is 5.04. The van der Waals surface area contributed by atoms with Gasteiger partial charge in [-0.2, -0.15) is 0 Å². The molecule has 1 aromatic carbocycles. The number of ether oxygens (including phenoxy) is 2. The Morgan fingerprint density at radius 1 is 1.37 bits per heavy atom. The molecule has 2 rings (SSSR count). The van der Waals surface area contributed by atoms with Crippen molar-refractivity contribution in [1.82, 2.24) is 10.6 Å². The highest BCUT2D eigenvalue weighted by Crippen LogP contribution is 2.23. The number of rotatable bonds is 10. The molecule has 1 saturated heterocycles. The SMILES string of the molecule is CCOCCOc1cc(C)ccc1CNC(=O)CC(C)C1CCCNC1.Cl. The fourth-order valence-electron chi connectivity index (χ4n) is 3.39. The van der Waals surface area contributed by atoms with Gasteiger partial charge in [-0.3, -0.25) is 4.79 Å². The minimum atomic E-state index is 0. The van der Waals surface area contributed by atoms with E-state index in [1.807, 2.05) is 32.0 Å². The van der Waals surface area contributed by atoms with Crippen molar-refractivity contribution < 1.29 is 14.3 Å². The molecule has 2 unspecified atom stereocenters. The number of amides is 1. The average Bonchev–Trinajstić information content (AvgIpc) is 2.65. The van der Waals surface area contributed by atoms with Crippen LogP contribution in [0.1, 0.15) is 44.2 Å². The first-order chi connectivity index (χ1) is 12.6. The van der Waals surface area contributed by atoms with Crippen molar-refractivity contribution in [2.45, 2.75) is 46.6 Å². The van der Waals surface area contributed by atoms with Gasteiger partial charge in [0.2, 0.25) is 5.91 Å². The first-order valence-electron chi connectivity index (χ1n) is 9.87. The number of carbonyl (C=O) groups is 1. The summed E-state index contributed by atoms with van der Waals surface area (Å²) >= 11 is 0. The molecule has 6 heteroatoms. The molecule has 1 fully saturated rings. The lowest BCUT2D eigenvalue weighted by molar-refractivity contribution is -0.122. The Morgan fingerprint density at radius 3 is 2.89 bits per heavy atom. The molecular weight excluding hydrogens is 364 g/mol. The van der Waals surface area contributed by atoms with E-state index in [0.29, 0.717) is 44.6 Å². The Kier molecular flexibility index (Phi) is 11.4. The standard InChI is InChI=1S/C21H34N2O3.ClH/c1-4-25-10-11-26-20-12-16(2)7-8-19(20)15-23-21(24)13-17(3)18-6-5-9-22-14-18;/h7-8,12,17-18,22H,4-6,9-11,13-15H2,1-3H3,(H,23,24);1H. The van der Waals surface area contributed by atoms with E-state index in [1.54, 1.807) is 0 Å². The Balaban J connectivity index is 0.00000364. The summed E-state index contributed by atoms with van der Waals surface area (Å²) in [6.45, 7) is 10.6. The van der Waals surface area contributed by atoms with E-state index in [1.165, 1.54) is 12.8 Å². The normalized spacial score (nSPS) is 17.7. The van der Waals surface area contributed by atoms with E-state index in [9.17, 15) is 4.79 Å². The van der Waals surface area contributed by atoms with Crippen molar-refractivity contribution in [2.24, 2.45) is 11.8 Å². The summed E-state index contributed by atoms with van der Waals surface area (Å²) in [6, 6.07) is 6.09. The second-order valence-electron chi connectivity index (χ2n) is 7.22. The lowest BCUT2D eigenvalue weighted by atomic mass is 9.85. The van der Waals surface area contributed by atoms with Gasteiger partial charge in [-0.1, -0.05) is 19.1 Å². The van der Waals surface area contributed by atoms with E-state index < -0.39 is 0 Å². The zero-order valence-corrected chi connectivity index (χ0v) is 17.7. The van der Waals surface area contributed by atoms with Gasteiger partial charge < -0.3 is 20.1 Å². The molecule has 2 N–H and O–H groups in total. The van der Waals surface area contributed by atoms with E-state index in [-0.39, 0.29) is 18.3 Å². The maximum atomic E-state index is 12.4. The summed E-state index contributed by atoms with van der Waals surface area (Å²) in [5, 5.41) is 6.49. The van der Waals surface area contributed by atoms with Crippen LogP contribution in [0, 0.1) is 18.8 Å². The summed E-state index contributed by atoms with van der Waals surface area (Å²) in [5.74, 6) is 1.95. The second kappa shape index (κ2) is 13.0. The number of nitrogens with one attached hydrogen (secondary N) is 2. The summed E-state index contributed by atoms with van der Waals surface area (Å²) in [6.07, 6.45) is 3.01. The predicted molar refractivity (Wildman–Crippen MR) is 112 cm³/mol. The lowest BCUT2D eigenvalue weighted by Gasteiger charge is -2.28. The van der Waals surface area contributed by atoms with Crippen molar-refractivity contribution >= 4 is 18.3 Å². The van der Waals surface area contributed by atoms with Crippen LogP contribution < -0.4 is 15.4 Å². The van der Waals surface area contributed by atoms with Gasteiger partial charge in [0.15, 0.2) is 0 Å². The highest BCUT2D eigenvalue weighted by Gasteiger charge is 2.22. The molecule has 27 heavy (non-hydrogen) atoms. The van der Waals surface area contributed by atoms with Crippen LogP contribution >= 0.6 is 12.4 Å². The zero-order valence-electron chi connectivity index (χ0n) is 16.9. The van der Waals surface area contributed by atoms with Gasteiger partial charge in [-0.15, -0.1) is 12.4 Å². The Morgan fingerprint density at radius 2 is 2.19 bits per heavy atom. The van der Waals surface area contributed by atoms with Crippen molar-refractivity contribution in [3.8, 4) is 5.75 Å². The number of piperidine rings is 1. The van der Waals surface area contributed by atoms with Gasteiger partial charge in [0.25, 0.3) is 0 Å². The molecule has 1 aromatic rings. The number of hydrogen-bond donors (Lipinski definition) is 2. The molecule has 2 atom stereocenters. The van der Waals surface area contributed by atoms with Gasteiger partial charge in [0, 0.05) is 25.1 Å². The van der Waals surface area contributed by atoms with Gasteiger partial charge in [-0.25, -0.2) is 0 Å². The summed E-state index contributed by atoms with van der Waals surface area (Å²) in [5.41, 5.74) is 2.15. The van der Waals surface area contributed by atoms with Crippen LogP contribution in [0.15, 0.2) is 18.2 Å². The summed E-state index contributed by atoms with van der Waals surface area (Å²) < 4.78 is 11.2. The quantitative estimate of drug-likeness (QED) is 0.592. The minimum absolute atomic E-state index is 0. The average molecular weight is 399 g/mol. The summed E-state index contributed by atoms with van der Waals surface area (Å²) in [7, 11) is 0. The molecule has 1 heterocycles.